The first-order chi connectivity index (χ1) is 8.58. The Labute approximate surface area is 114 Å². The van der Waals surface area contributed by atoms with Crippen molar-refractivity contribution in [2.45, 2.75) is 6.54 Å². The quantitative estimate of drug-likeness (QED) is 0.584. The van der Waals surface area contributed by atoms with Gasteiger partial charge in [-0.25, -0.2) is 5.84 Å². The zero-order valence-electron chi connectivity index (χ0n) is 9.72. The van der Waals surface area contributed by atoms with E-state index in [9.17, 15) is 0 Å². The van der Waals surface area contributed by atoms with Crippen molar-refractivity contribution in [1.29, 1.82) is 0 Å². The van der Waals surface area contributed by atoms with E-state index < -0.39 is 0 Å². The minimum atomic E-state index is 0.177. The predicted octanol–water partition coefficient (Wildman–Crippen LogP) is 1.70. The number of nitrogen functional groups attached to an aromatic ring is 2. The van der Waals surface area contributed by atoms with Crippen LogP contribution in [0.1, 0.15) is 4.88 Å². The molecule has 18 heavy (non-hydrogen) atoms. The van der Waals surface area contributed by atoms with E-state index in [0.29, 0.717) is 18.2 Å². The van der Waals surface area contributed by atoms with Gasteiger partial charge >= 0.3 is 0 Å². The third-order valence-corrected chi connectivity index (χ3v) is 3.51. The Morgan fingerprint density at radius 3 is 2.83 bits per heavy atom. The van der Waals surface area contributed by atoms with Gasteiger partial charge in [0, 0.05) is 18.0 Å². The van der Waals surface area contributed by atoms with Gasteiger partial charge in [0.15, 0.2) is 0 Å². The molecule has 0 fully saturated rings. The Bertz CT molecular complexity index is 543. The second kappa shape index (κ2) is 5.38. The van der Waals surface area contributed by atoms with Crippen molar-refractivity contribution in [1.82, 2.24) is 9.97 Å². The fourth-order valence-electron chi connectivity index (χ4n) is 1.47. The Morgan fingerprint density at radius 1 is 1.44 bits per heavy atom. The van der Waals surface area contributed by atoms with Crippen LogP contribution in [0.3, 0.4) is 0 Å². The number of halogens is 1. The van der Waals surface area contributed by atoms with Gasteiger partial charge < -0.3 is 16.1 Å². The number of rotatable bonds is 4. The number of aromatic nitrogens is 2. The number of anilines is 3. The van der Waals surface area contributed by atoms with E-state index in [1.54, 1.807) is 6.07 Å². The zero-order valence-corrected chi connectivity index (χ0v) is 11.3. The number of hydrogen-bond acceptors (Lipinski definition) is 7. The molecule has 0 aliphatic heterocycles. The zero-order chi connectivity index (χ0) is 13.1. The molecule has 0 aliphatic rings. The molecule has 0 amide bonds. The number of nitrogens with one attached hydrogen (secondary N) is 1. The van der Waals surface area contributed by atoms with Gasteiger partial charge in [0.05, 0.1) is 10.9 Å². The van der Waals surface area contributed by atoms with Gasteiger partial charge in [0.25, 0.3) is 0 Å². The minimum absolute atomic E-state index is 0.177. The SMILES string of the molecule is CN(Cc1ccc(Cl)s1)c1cc(NN)nc(N)n1. The molecule has 0 aromatic carbocycles. The van der Waals surface area contributed by atoms with Crippen molar-refractivity contribution < 1.29 is 0 Å². The summed E-state index contributed by atoms with van der Waals surface area (Å²) in [6.45, 7) is 0.692. The number of hydrazine groups is 1. The molecule has 0 atom stereocenters. The molecule has 0 spiro atoms. The van der Waals surface area contributed by atoms with Gasteiger partial charge in [-0.1, -0.05) is 11.6 Å². The van der Waals surface area contributed by atoms with Gasteiger partial charge in [0.1, 0.15) is 11.6 Å². The number of nitrogens with zero attached hydrogens (tertiary/aromatic N) is 3. The molecule has 0 aliphatic carbocycles. The summed E-state index contributed by atoms with van der Waals surface area (Å²) in [6, 6.07) is 5.58. The van der Waals surface area contributed by atoms with Crippen LogP contribution < -0.4 is 21.9 Å². The van der Waals surface area contributed by atoms with Crippen LogP contribution in [0.5, 0.6) is 0 Å². The first-order valence-corrected chi connectivity index (χ1v) is 6.34. The summed E-state index contributed by atoms with van der Waals surface area (Å²) in [5, 5.41) is 0. The summed E-state index contributed by atoms with van der Waals surface area (Å²) in [6.07, 6.45) is 0. The third kappa shape index (κ3) is 3.00. The van der Waals surface area contributed by atoms with Crippen LogP contribution in [0.4, 0.5) is 17.6 Å². The van der Waals surface area contributed by atoms with Crippen molar-refractivity contribution in [2.24, 2.45) is 5.84 Å². The highest BCUT2D eigenvalue weighted by molar-refractivity contribution is 7.16. The minimum Gasteiger partial charge on any atom is -0.368 e. The summed E-state index contributed by atoms with van der Waals surface area (Å²) in [4.78, 5) is 11.2. The van der Waals surface area contributed by atoms with Crippen LogP contribution in [0.15, 0.2) is 18.2 Å². The van der Waals surface area contributed by atoms with Gasteiger partial charge in [-0.2, -0.15) is 9.97 Å². The summed E-state index contributed by atoms with van der Waals surface area (Å²) in [7, 11) is 1.91. The Morgan fingerprint density at radius 2 is 2.22 bits per heavy atom. The lowest BCUT2D eigenvalue weighted by molar-refractivity contribution is 0.907. The lowest BCUT2D eigenvalue weighted by atomic mass is 10.4. The Hall–Kier alpha value is -1.57. The highest BCUT2D eigenvalue weighted by atomic mass is 35.5. The van der Waals surface area contributed by atoms with Gasteiger partial charge in [-0.15, -0.1) is 11.3 Å². The molecule has 0 saturated carbocycles. The molecule has 2 aromatic heterocycles. The molecule has 5 N–H and O–H groups in total. The molecule has 0 saturated heterocycles. The molecule has 8 heteroatoms. The van der Waals surface area contributed by atoms with E-state index in [1.807, 2.05) is 24.1 Å². The molecule has 0 radical (unpaired) electrons. The number of hydrogen-bond donors (Lipinski definition) is 3. The van der Waals surface area contributed by atoms with Crippen LogP contribution >= 0.6 is 22.9 Å². The second-order valence-electron chi connectivity index (χ2n) is 3.68. The normalized spacial score (nSPS) is 10.4. The van der Waals surface area contributed by atoms with Gasteiger partial charge in [-0.05, 0) is 12.1 Å². The Balaban J connectivity index is 2.17. The van der Waals surface area contributed by atoms with Gasteiger partial charge in [-0.3, -0.25) is 0 Å². The smallest absolute Gasteiger partial charge is 0.223 e. The molecule has 2 aromatic rings. The van der Waals surface area contributed by atoms with E-state index in [-0.39, 0.29) is 5.95 Å². The Kier molecular flexibility index (Phi) is 3.85. The monoisotopic (exact) mass is 284 g/mol. The second-order valence-corrected chi connectivity index (χ2v) is 5.48. The summed E-state index contributed by atoms with van der Waals surface area (Å²) >= 11 is 7.42. The predicted molar refractivity (Wildman–Crippen MR) is 75.7 cm³/mol. The highest BCUT2D eigenvalue weighted by Gasteiger charge is 2.08. The summed E-state index contributed by atoms with van der Waals surface area (Å²) in [5.41, 5.74) is 8.06. The van der Waals surface area contributed by atoms with E-state index in [2.05, 4.69) is 15.4 Å². The maximum atomic E-state index is 5.89. The van der Waals surface area contributed by atoms with Crippen molar-refractivity contribution in [3.63, 3.8) is 0 Å². The van der Waals surface area contributed by atoms with E-state index >= 15 is 0 Å². The van der Waals surface area contributed by atoms with E-state index in [0.717, 1.165) is 9.21 Å². The van der Waals surface area contributed by atoms with Gasteiger partial charge in [0.2, 0.25) is 5.95 Å². The molecular formula is C10H13ClN6S. The van der Waals surface area contributed by atoms with Crippen molar-refractivity contribution in [3.05, 3.63) is 27.4 Å². The fourth-order valence-corrected chi connectivity index (χ4v) is 2.61. The number of thiophene rings is 1. The molecule has 0 unspecified atom stereocenters. The lowest BCUT2D eigenvalue weighted by Gasteiger charge is -2.18. The topological polar surface area (TPSA) is 93.1 Å². The largest absolute Gasteiger partial charge is 0.368 e. The van der Waals surface area contributed by atoms with Crippen molar-refractivity contribution in [3.8, 4) is 0 Å². The van der Waals surface area contributed by atoms with Crippen LogP contribution in [-0.2, 0) is 6.54 Å². The molecule has 2 rings (SSSR count). The first kappa shape index (κ1) is 12.9. The van der Waals surface area contributed by atoms with E-state index in [1.165, 1.54) is 11.3 Å². The first-order valence-electron chi connectivity index (χ1n) is 5.15. The van der Waals surface area contributed by atoms with Crippen LogP contribution in [-0.4, -0.2) is 17.0 Å². The standard InChI is InChI=1S/C10H13ClN6S/c1-17(5-6-2-3-7(11)18-6)9-4-8(16-13)14-10(12)15-9/h2-4H,5,13H2,1H3,(H3,12,14,15,16). The molecule has 2 heterocycles. The third-order valence-electron chi connectivity index (χ3n) is 2.29. The van der Waals surface area contributed by atoms with E-state index in [4.69, 9.17) is 23.2 Å². The number of nitrogens with two attached hydrogens (primary N) is 2. The molecule has 96 valence electrons. The van der Waals surface area contributed by atoms with Crippen LogP contribution in [0, 0.1) is 0 Å². The van der Waals surface area contributed by atoms with Crippen LogP contribution in [0.2, 0.25) is 4.34 Å². The molecular weight excluding hydrogens is 272 g/mol. The maximum Gasteiger partial charge on any atom is 0.223 e. The maximum absolute atomic E-state index is 5.89. The average molecular weight is 285 g/mol. The molecule has 0 bridgehead atoms. The van der Waals surface area contributed by atoms with Crippen LogP contribution in [0.25, 0.3) is 0 Å². The summed E-state index contributed by atoms with van der Waals surface area (Å²) < 4.78 is 0.768. The average Bonchev–Trinajstić information content (AvgIpc) is 2.73. The highest BCUT2D eigenvalue weighted by Crippen LogP contribution is 2.24. The fraction of sp³-hybridized carbons (Fsp3) is 0.200. The summed E-state index contributed by atoms with van der Waals surface area (Å²) in [5.74, 6) is 6.67. The van der Waals surface area contributed by atoms with Crippen molar-refractivity contribution >= 4 is 40.5 Å². The van der Waals surface area contributed by atoms with Crippen molar-refractivity contribution in [2.75, 3.05) is 23.1 Å². The lowest BCUT2D eigenvalue weighted by Crippen LogP contribution is -2.19. The molecule has 6 nitrogen and oxygen atoms in total.